The number of rotatable bonds is 19. The van der Waals surface area contributed by atoms with E-state index >= 15 is 0 Å². The molecule has 0 aliphatic heterocycles. The van der Waals surface area contributed by atoms with Gasteiger partial charge in [-0.15, -0.1) is 0 Å². The maximum Gasteiger partial charge on any atom is 0.252 e. The lowest BCUT2D eigenvalue weighted by molar-refractivity contribution is -0.128. The van der Waals surface area contributed by atoms with Gasteiger partial charge in [-0.1, -0.05) is 104 Å². The number of fused-ring (bicyclic) bond motifs is 4. The molecule has 28 heteroatoms. The summed E-state index contributed by atoms with van der Waals surface area (Å²) in [7, 11) is 3.32. The first-order valence-electron chi connectivity index (χ1n) is 36.4. The molecule has 0 radical (unpaired) electrons. The molecule has 113 heavy (non-hydrogen) atoms. The van der Waals surface area contributed by atoms with Gasteiger partial charge in [-0.05, 0) is 139 Å². The zero-order valence-electron chi connectivity index (χ0n) is 63.6. The lowest BCUT2D eigenvalue weighted by Crippen LogP contribution is -2.43. The Kier molecular flexibility index (Phi) is 23.0. The number of likely N-dealkylation sites (N-methyl/N-ethyl adjacent to an activating group) is 1. The van der Waals surface area contributed by atoms with Gasteiger partial charge in [0.2, 0.25) is 5.91 Å². The van der Waals surface area contributed by atoms with Crippen LogP contribution in [0.15, 0.2) is 231 Å². The molecule has 15 N–H and O–H groups in total. The summed E-state index contributed by atoms with van der Waals surface area (Å²) < 4.78 is 6.47. The van der Waals surface area contributed by atoms with Crippen LogP contribution in [-0.4, -0.2) is 110 Å². The average Bonchev–Trinajstić information content (AvgIpc) is 0.922. The molecular formula is C85H86N24O4. The van der Waals surface area contributed by atoms with Gasteiger partial charge >= 0.3 is 0 Å². The average molecular weight is 1510 g/mol. The molecule has 0 saturated carbocycles. The van der Waals surface area contributed by atoms with Gasteiger partial charge in [0.25, 0.3) is 5.56 Å². The lowest BCUT2D eigenvalue weighted by Gasteiger charge is -2.22. The third kappa shape index (κ3) is 17.8. The minimum Gasteiger partial charge on any atom is -0.394 e. The summed E-state index contributed by atoms with van der Waals surface area (Å²) in [5, 5.41) is 53.3. The van der Waals surface area contributed by atoms with Gasteiger partial charge < -0.3 is 64.3 Å². The minimum absolute atomic E-state index is 0.0449. The molecular weight excluding hydrogens is 1420 g/mol. The van der Waals surface area contributed by atoms with E-state index < -0.39 is 5.54 Å². The Hall–Kier alpha value is -14.5. The quantitative estimate of drug-likeness (QED) is 0.0358. The molecule has 16 rings (SSSR count). The summed E-state index contributed by atoms with van der Waals surface area (Å²) in [6.07, 6.45) is 18.3. The summed E-state index contributed by atoms with van der Waals surface area (Å²) in [4.78, 5) is 59.9. The van der Waals surface area contributed by atoms with Crippen molar-refractivity contribution in [2.75, 3.05) is 64.5 Å². The van der Waals surface area contributed by atoms with Gasteiger partial charge in [-0.25, -0.2) is 39.9 Å². The summed E-state index contributed by atoms with van der Waals surface area (Å²) in [6, 6.07) is 53.5. The first-order valence-corrected chi connectivity index (χ1v) is 36.4. The highest BCUT2D eigenvalue weighted by atomic mass is 16.3. The molecule has 4 aromatic carbocycles. The predicted octanol–water partition coefficient (Wildman–Crippen LogP) is 13.7. The zero-order valence-corrected chi connectivity index (χ0v) is 63.6. The summed E-state index contributed by atoms with van der Waals surface area (Å²) >= 11 is 0. The standard InChI is InChI=1S/C23H25N7O.C21H22N6O.C21H19N5O.C20H20N6O/c1-14-7-5-6-8-17(14)19-9-15-10-20(26-12-18(15)21(24)29-19)28-16-11-27-30(13-16)23(2,3)22(31)25-4;1-2-14-5-3-4-6-16(14)18-11-15-12-20(23-13-17(15)21(22)24-18)25-19-7-8-27(26-19)9-10-28;1-13-5-3-4-6-16(13)18-9-14-10-19(23-12-17(14)21(22)25-18)24-15-7-8-26(2)20(27)11-15;1-13-4-2-3-5-16(13)18-8-14-9-19(22-11-17(14)20(21)25-18)24-15-10-23-26(12-15)6-7-27/h5-13H,1-4H3,(H2,24,29)(H,25,31)(H,26,28);3-8,11-13,28H,2,9-10H2,1H3,(H2,22,24)(H,23,25,26);3-12H,1-2H3,(H2,22,25)(H,23,24);2-5,8-12,27H,6-7H2,1H3,(H2,21,25)(H,22,24). The maximum atomic E-state index is 12.1. The molecule has 0 aliphatic carbocycles. The van der Waals surface area contributed by atoms with E-state index in [4.69, 9.17) is 33.1 Å². The van der Waals surface area contributed by atoms with Crippen molar-refractivity contribution in [2.45, 2.75) is 66.6 Å². The second kappa shape index (κ2) is 34.0. The zero-order chi connectivity index (χ0) is 79.5. The number of nitrogen functional groups attached to an aromatic ring is 4. The Balaban J connectivity index is 0.000000132. The number of carbonyl (C=O) groups excluding carboxylic acids is 1. The molecule has 0 atom stereocenters. The van der Waals surface area contributed by atoms with E-state index in [-0.39, 0.29) is 24.7 Å². The van der Waals surface area contributed by atoms with Crippen LogP contribution in [0.1, 0.15) is 43.0 Å². The Morgan fingerprint density at radius 1 is 0.451 bits per heavy atom. The van der Waals surface area contributed by atoms with Crippen LogP contribution in [0.3, 0.4) is 0 Å². The number of nitrogens with zero attached hydrogens (tertiary/aromatic N) is 15. The highest BCUT2D eigenvalue weighted by molar-refractivity contribution is 5.98. The first-order chi connectivity index (χ1) is 54.6. The van der Waals surface area contributed by atoms with Crippen molar-refractivity contribution in [3.05, 3.63) is 258 Å². The Bertz CT molecular complexity index is 6210. The number of aliphatic hydroxyl groups is 2. The van der Waals surface area contributed by atoms with Crippen LogP contribution in [0.2, 0.25) is 0 Å². The molecule has 28 nitrogen and oxygen atoms in total. The van der Waals surface area contributed by atoms with E-state index in [9.17, 15) is 9.59 Å². The van der Waals surface area contributed by atoms with Gasteiger partial charge in [0.15, 0.2) is 5.82 Å². The number of nitrogens with one attached hydrogen (secondary N) is 5. The number of aromatic nitrogens is 15. The summed E-state index contributed by atoms with van der Waals surface area (Å²) in [5.41, 5.74) is 38.3. The predicted molar refractivity (Wildman–Crippen MR) is 450 cm³/mol. The monoisotopic (exact) mass is 1510 g/mol. The Morgan fingerprint density at radius 3 is 1.28 bits per heavy atom. The normalized spacial score (nSPS) is 11.1. The van der Waals surface area contributed by atoms with E-state index in [0.29, 0.717) is 71.1 Å². The number of anilines is 12. The number of aryl methyl sites for hydroxylation is 5. The molecule has 0 unspecified atom stereocenters. The van der Waals surface area contributed by atoms with Crippen molar-refractivity contribution in [1.29, 1.82) is 0 Å². The fourth-order valence-electron chi connectivity index (χ4n) is 12.8. The summed E-state index contributed by atoms with van der Waals surface area (Å²) in [6.45, 7) is 12.9. The molecule has 1 amide bonds. The first kappa shape index (κ1) is 76.7. The van der Waals surface area contributed by atoms with Crippen LogP contribution in [0.5, 0.6) is 0 Å². The highest BCUT2D eigenvalue weighted by Crippen LogP contribution is 2.35. The summed E-state index contributed by atoms with van der Waals surface area (Å²) in [5.74, 6) is 4.98. The highest BCUT2D eigenvalue weighted by Gasteiger charge is 2.30. The smallest absolute Gasteiger partial charge is 0.252 e. The molecule has 12 heterocycles. The van der Waals surface area contributed by atoms with Crippen molar-refractivity contribution in [3.63, 3.8) is 0 Å². The topological polar surface area (TPSA) is 400 Å². The molecule has 12 aromatic heterocycles. The van der Waals surface area contributed by atoms with Gasteiger partial charge in [0.05, 0.1) is 72.8 Å². The van der Waals surface area contributed by atoms with Gasteiger partial charge in [0, 0.05) is 125 Å². The largest absolute Gasteiger partial charge is 0.394 e. The fourth-order valence-corrected chi connectivity index (χ4v) is 12.8. The van der Waals surface area contributed by atoms with Gasteiger partial charge in [-0.2, -0.15) is 15.3 Å². The number of hydrogen-bond acceptors (Lipinski definition) is 23. The van der Waals surface area contributed by atoms with E-state index in [0.717, 1.165) is 123 Å². The van der Waals surface area contributed by atoms with Crippen LogP contribution in [0.25, 0.3) is 88.1 Å². The maximum absolute atomic E-state index is 12.1. The van der Waals surface area contributed by atoms with E-state index in [1.54, 1.807) is 97.8 Å². The molecule has 0 bridgehead atoms. The van der Waals surface area contributed by atoms with E-state index in [2.05, 4.69) is 127 Å². The van der Waals surface area contributed by atoms with Crippen LogP contribution < -0.4 is 55.1 Å². The number of nitrogens with two attached hydrogens (primary N) is 4. The van der Waals surface area contributed by atoms with Crippen LogP contribution >= 0.6 is 0 Å². The molecule has 0 aliphatic rings. The number of benzene rings is 4. The van der Waals surface area contributed by atoms with Crippen molar-refractivity contribution in [3.8, 4) is 45.0 Å². The van der Waals surface area contributed by atoms with Crippen LogP contribution in [0.4, 0.5) is 69.4 Å². The number of carbonyl (C=O) groups is 1. The van der Waals surface area contributed by atoms with Crippen LogP contribution in [0, 0.1) is 20.8 Å². The van der Waals surface area contributed by atoms with E-state index in [1.165, 1.54) is 16.2 Å². The second-order valence-corrected chi connectivity index (χ2v) is 27.3. The SMILES string of the molecule is CCc1ccccc1-c1cc2cc(Nc3ccn(CCO)n3)ncc2c(N)n1.CNC(=O)C(C)(C)n1cc(Nc2cc3cc(-c4ccccc4C)nc(N)c3cn2)cn1.Cc1ccccc1-c1cc2cc(Nc3ccn(C)c(=O)c3)ncc2c(N)n1.Cc1ccccc1-c1cc2cc(Nc3cnn(CCO)c3)ncc2c(N)n1. The fraction of sp³-hybridized carbons (Fsp3) is 0.165. The number of aliphatic hydroxyl groups excluding tert-OH is 2. The van der Waals surface area contributed by atoms with Gasteiger partial charge in [0.1, 0.15) is 52.1 Å². The minimum atomic E-state index is -0.811. The molecule has 570 valence electrons. The number of hydrogen-bond donors (Lipinski definition) is 11. The number of pyridine rings is 9. The molecule has 0 fully saturated rings. The Morgan fingerprint density at radius 2 is 0.850 bits per heavy atom. The van der Waals surface area contributed by atoms with Crippen LogP contribution in [-0.2, 0) is 36.9 Å². The van der Waals surface area contributed by atoms with Crippen molar-refractivity contribution in [1.82, 2.24) is 79.1 Å². The van der Waals surface area contributed by atoms with Crippen molar-refractivity contribution >= 4 is 118 Å². The third-order valence-electron chi connectivity index (χ3n) is 19.0. The second-order valence-electron chi connectivity index (χ2n) is 27.3. The third-order valence-corrected chi connectivity index (χ3v) is 19.0. The Labute approximate surface area is 650 Å². The molecule has 16 aromatic rings. The lowest BCUT2D eigenvalue weighted by atomic mass is 10.0. The van der Waals surface area contributed by atoms with E-state index in [1.807, 2.05) is 147 Å². The van der Waals surface area contributed by atoms with Crippen molar-refractivity contribution in [2.24, 2.45) is 7.05 Å². The van der Waals surface area contributed by atoms with Gasteiger partial charge in [-0.3, -0.25) is 23.6 Å². The van der Waals surface area contributed by atoms with Crippen molar-refractivity contribution < 1.29 is 15.0 Å². The molecule has 0 spiro atoms. The molecule has 0 saturated heterocycles. The number of amides is 1.